The highest BCUT2D eigenvalue weighted by molar-refractivity contribution is 7.28. The van der Waals surface area contributed by atoms with Crippen molar-refractivity contribution in [2.24, 2.45) is 0 Å². The summed E-state index contributed by atoms with van der Waals surface area (Å²) in [4.78, 5) is 29.7. The van der Waals surface area contributed by atoms with Gasteiger partial charge in [-0.15, -0.1) is 34.0 Å². The molecule has 202 valence electrons. The second-order valence-corrected chi connectivity index (χ2v) is 13.6. The van der Waals surface area contributed by atoms with Crippen molar-refractivity contribution in [2.75, 3.05) is 0 Å². The van der Waals surface area contributed by atoms with Gasteiger partial charge in [0.15, 0.2) is 0 Å². The number of unbranched alkanes of at least 4 members (excludes halogenated alkanes) is 10. The Morgan fingerprint density at radius 1 is 0.595 bits per heavy atom. The fourth-order valence-corrected chi connectivity index (χ4v) is 8.33. The molecule has 0 unspecified atom stereocenters. The van der Waals surface area contributed by atoms with Crippen LogP contribution in [0.25, 0.3) is 19.5 Å². The third kappa shape index (κ3) is 9.32. The van der Waals surface area contributed by atoms with Gasteiger partial charge in [-0.05, 0) is 84.3 Å². The first-order valence-corrected chi connectivity index (χ1v) is 16.9. The first-order chi connectivity index (χ1) is 17.9. The minimum Gasteiger partial charge on any atom is -0.275 e. The van der Waals surface area contributed by atoms with E-state index in [1.807, 2.05) is 12.1 Å². The Bertz CT molecular complexity index is 1060. The second kappa shape index (κ2) is 16.2. The average molecular weight is 598 g/mol. The summed E-state index contributed by atoms with van der Waals surface area (Å²) < 4.78 is 0. The first kappa shape index (κ1) is 30.6. The second-order valence-electron chi connectivity index (χ2n) is 9.68. The van der Waals surface area contributed by atoms with Crippen molar-refractivity contribution in [2.45, 2.75) is 104 Å². The van der Waals surface area contributed by atoms with Crippen LogP contribution in [0.2, 0.25) is 0 Å². The topological polar surface area (TPSA) is 34.1 Å². The molecule has 2 nitrogen and oxygen atoms in total. The molecule has 7 heteroatoms. The van der Waals surface area contributed by atoms with Gasteiger partial charge < -0.3 is 0 Å². The molecule has 3 aromatic heterocycles. The molecule has 0 aliphatic carbocycles. The predicted molar refractivity (Wildman–Crippen MR) is 165 cm³/mol. The maximum Gasteiger partial charge on any atom is 0.262 e. The first-order valence-electron chi connectivity index (χ1n) is 13.7. The number of aryl methyl sites for hydroxylation is 2. The zero-order valence-electron chi connectivity index (χ0n) is 22.0. The van der Waals surface area contributed by atoms with Crippen molar-refractivity contribution in [1.29, 1.82) is 0 Å². The molecule has 0 N–H and O–H groups in total. The van der Waals surface area contributed by atoms with Gasteiger partial charge in [-0.3, -0.25) is 9.59 Å². The van der Waals surface area contributed by atoms with Crippen LogP contribution >= 0.6 is 57.2 Å². The molecule has 0 radical (unpaired) electrons. The summed E-state index contributed by atoms with van der Waals surface area (Å²) in [5.41, 5.74) is 2.43. The third-order valence-corrected chi connectivity index (χ3v) is 11.1. The molecule has 0 saturated carbocycles. The van der Waals surface area contributed by atoms with Crippen LogP contribution in [0, 0.1) is 0 Å². The summed E-state index contributed by atoms with van der Waals surface area (Å²) in [7, 11) is 0. The molecule has 0 fully saturated rings. The molecule has 3 rings (SSSR count). The average Bonchev–Trinajstić information content (AvgIpc) is 3.61. The minimum atomic E-state index is -0.387. The van der Waals surface area contributed by atoms with Gasteiger partial charge in [0.05, 0.1) is 9.75 Å². The molecule has 0 spiro atoms. The molecule has 0 saturated heterocycles. The zero-order chi connectivity index (χ0) is 26.6. The normalized spacial score (nSPS) is 11.4. The van der Waals surface area contributed by atoms with Gasteiger partial charge in [-0.2, -0.15) is 0 Å². The highest BCUT2D eigenvalue weighted by atomic mass is 35.5. The van der Waals surface area contributed by atoms with Crippen LogP contribution in [-0.4, -0.2) is 10.5 Å². The molecule has 0 amide bonds. The predicted octanol–water partition coefficient (Wildman–Crippen LogP) is 11.8. The van der Waals surface area contributed by atoms with E-state index in [-0.39, 0.29) is 10.5 Å². The molecule has 3 heterocycles. The molecule has 0 aliphatic heterocycles. The molecule has 3 aromatic rings. The number of hydrogen-bond acceptors (Lipinski definition) is 5. The summed E-state index contributed by atoms with van der Waals surface area (Å²) in [5, 5.41) is -0.774. The van der Waals surface area contributed by atoms with Crippen LogP contribution in [0.15, 0.2) is 24.3 Å². The SMILES string of the molecule is CCCCCCCCc1cc(C(=O)Cl)sc1-c1ccc(-c2sc(C(=O)Cl)cc2CCCCCCCC)s1. The summed E-state index contributed by atoms with van der Waals surface area (Å²) in [6.07, 6.45) is 16.8. The van der Waals surface area contributed by atoms with Gasteiger partial charge in [0, 0.05) is 19.5 Å². The van der Waals surface area contributed by atoms with E-state index >= 15 is 0 Å². The fraction of sp³-hybridized carbons (Fsp3) is 0.533. The summed E-state index contributed by atoms with van der Waals surface area (Å²) in [6.45, 7) is 4.47. The molecule has 0 aromatic carbocycles. The van der Waals surface area contributed by atoms with Crippen LogP contribution in [-0.2, 0) is 12.8 Å². The lowest BCUT2D eigenvalue weighted by Crippen LogP contribution is -1.87. The van der Waals surface area contributed by atoms with E-state index < -0.39 is 0 Å². The van der Waals surface area contributed by atoms with Crippen molar-refractivity contribution in [3.05, 3.63) is 45.1 Å². The van der Waals surface area contributed by atoms with Gasteiger partial charge in [0.1, 0.15) is 0 Å². The Labute approximate surface area is 244 Å². The Balaban J connectivity index is 1.77. The van der Waals surface area contributed by atoms with Crippen molar-refractivity contribution < 1.29 is 9.59 Å². The lowest BCUT2D eigenvalue weighted by atomic mass is 10.0. The van der Waals surface area contributed by atoms with E-state index in [4.69, 9.17) is 23.2 Å². The maximum absolute atomic E-state index is 11.9. The Morgan fingerprint density at radius 2 is 0.973 bits per heavy atom. The maximum atomic E-state index is 11.9. The number of hydrogen-bond donors (Lipinski definition) is 0. The number of carbonyl (C=O) groups is 2. The fourth-order valence-electron chi connectivity index (χ4n) is 4.61. The molecule has 37 heavy (non-hydrogen) atoms. The van der Waals surface area contributed by atoms with E-state index in [1.54, 1.807) is 11.3 Å². The number of thiophene rings is 3. The van der Waals surface area contributed by atoms with Crippen LogP contribution in [0.3, 0.4) is 0 Å². The third-order valence-electron chi connectivity index (χ3n) is 6.66. The van der Waals surface area contributed by atoms with E-state index in [1.165, 1.54) is 98.0 Å². The van der Waals surface area contributed by atoms with E-state index in [9.17, 15) is 9.59 Å². The summed E-state index contributed by atoms with van der Waals surface area (Å²) in [6, 6.07) is 8.27. The van der Waals surface area contributed by atoms with E-state index in [0.717, 1.165) is 45.2 Å². The number of carbonyl (C=O) groups excluding carboxylic acids is 2. The zero-order valence-corrected chi connectivity index (χ0v) is 26.0. The molecule has 0 atom stereocenters. The molecule has 0 bridgehead atoms. The quantitative estimate of drug-likeness (QED) is 0.108. The van der Waals surface area contributed by atoms with Gasteiger partial charge in [-0.25, -0.2) is 0 Å². The monoisotopic (exact) mass is 596 g/mol. The van der Waals surface area contributed by atoms with Crippen molar-refractivity contribution >= 4 is 67.7 Å². The highest BCUT2D eigenvalue weighted by Gasteiger charge is 2.19. The van der Waals surface area contributed by atoms with E-state index in [0.29, 0.717) is 9.75 Å². The Kier molecular flexibility index (Phi) is 13.4. The Morgan fingerprint density at radius 3 is 1.35 bits per heavy atom. The lowest BCUT2D eigenvalue weighted by molar-refractivity contribution is 0.107. The number of rotatable bonds is 18. The Hall–Kier alpha value is -0.980. The van der Waals surface area contributed by atoms with E-state index in [2.05, 4.69) is 26.0 Å². The van der Waals surface area contributed by atoms with Gasteiger partial charge in [0.2, 0.25) is 0 Å². The van der Waals surface area contributed by atoms with Gasteiger partial charge in [-0.1, -0.05) is 78.1 Å². The smallest absolute Gasteiger partial charge is 0.262 e. The number of halogens is 2. The molecular weight excluding hydrogens is 559 g/mol. The van der Waals surface area contributed by atoms with Crippen LogP contribution in [0.1, 0.15) is 121 Å². The summed E-state index contributed by atoms with van der Waals surface area (Å²) in [5.74, 6) is 0. The van der Waals surface area contributed by atoms with Crippen molar-refractivity contribution in [1.82, 2.24) is 0 Å². The van der Waals surface area contributed by atoms with Crippen molar-refractivity contribution in [3.63, 3.8) is 0 Å². The molecular formula is C30H38Cl2O2S3. The van der Waals surface area contributed by atoms with Crippen LogP contribution in [0.5, 0.6) is 0 Å². The van der Waals surface area contributed by atoms with Crippen LogP contribution in [0.4, 0.5) is 0 Å². The summed E-state index contributed by atoms with van der Waals surface area (Å²) >= 11 is 16.5. The highest BCUT2D eigenvalue weighted by Crippen LogP contribution is 2.44. The van der Waals surface area contributed by atoms with Gasteiger partial charge >= 0.3 is 0 Å². The van der Waals surface area contributed by atoms with Crippen molar-refractivity contribution in [3.8, 4) is 19.5 Å². The largest absolute Gasteiger partial charge is 0.275 e. The minimum absolute atomic E-state index is 0.387. The molecule has 0 aliphatic rings. The van der Waals surface area contributed by atoms with Gasteiger partial charge in [0.25, 0.3) is 10.5 Å². The lowest BCUT2D eigenvalue weighted by Gasteiger charge is -2.04. The van der Waals surface area contributed by atoms with Crippen LogP contribution < -0.4 is 0 Å². The standard InChI is InChI=1S/C30H38Cl2O2S3/c1-3-5-7-9-11-13-15-21-19-25(29(31)33)36-27(21)23-17-18-24(35-23)28-22(20-26(37-28)30(32)34)16-14-12-10-8-6-4-2/h17-20H,3-16H2,1-2H3.